The summed E-state index contributed by atoms with van der Waals surface area (Å²) >= 11 is 0. The maximum absolute atomic E-state index is 12.0. The second-order valence-corrected chi connectivity index (χ2v) is 5.26. The zero-order valence-corrected chi connectivity index (χ0v) is 12.2. The summed E-state index contributed by atoms with van der Waals surface area (Å²) in [6.45, 7) is 3.82. The Bertz CT molecular complexity index is 497. The molecule has 1 amide bonds. The van der Waals surface area contributed by atoms with E-state index in [2.05, 4.69) is 5.32 Å². The maximum atomic E-state index is 12.0. The van der Waals surface area contributed by atoms with Gasteiger partial charge in [-0.3, -0.25) is 14.9 Å². The van der Waals surface area contributed by atoms with Crippen LogP contribution in [-0.4, -0.2) is 41.4 Å². The van der Waals surface area contributed by atoms with Gasteiger partial charge in [0, 0.05) is 24.7 Å². The predicted molar refractivity (Wildman–Crippen MR) is 80.1 cm³/mol. The molecule has 0 bridgehead atoms. The van der Waals surface area contributed by atoms with Crippen LogP contribution < -0.4 is 5.32 Å². The van der Waals surface area contributed by atoms with Crippen LogP contribution in [0, 0.1) is 10.1 Å². The van der Waals surface area contributed by atoms with Crippen LogP contribution in [0.2, 0.25) is 0 Å². The highest BCUT2D eigenvalue weighted by Gasteiger charge is 2.30. The summed E-state index contributed by atoms with van der Waals surface area (Å²) in [4.78, 5) is 24.1. The Hall–Kier alpha value is -1.95. The van der Waals surface area contributed by atoms with Gasteiger partial charge in [-0.15, -0.1) is 0 Å². The molecular formula is C15H21N3O3. The fraction of sp³-hybridized carbons (Fsp3) is 0.533. The fourth-order valence-corrected chi connectivity index (χ4v) is 2.34. The third-order valence-electron chi connectivity index (χ3n) is 3.66. The number of nitrogens with zero attached hydrogens (tertiary/aromatic N) is 2. The van der Waals surface area contributed by atoms with E-state index in [0.29, 0.717) is 19.1 Å². The van der Waals surface area contributed by atoms with E-state index in [1.54, 1.807) is 12.1 Å². The van der Waals surface area contributed by atoms with Crippen LogP contribution in [0.1, 0.15) is 25.3 Å². The number of nitro benzene ring substituents is 1. The number of carbonyl (C=O) groups is 1. The molecule has 6 heteroatoms. The molecule has 1 aliphatic rings. The van der Waals surface area contributed by atoms with Gasteiger partial charge in [-0.05, 0) is 38.3 Å². The monoisotopic (exact) mass is 291 g/mol. The van der Waals surface area contributed by atoms with Crippen molar-refractivity contribution in [2.45, 2.75) is 32.2 Å². The SMILES string of the molecule is CCN(C(=O)CNCCc1ccc([N+](=O)[O-])cc1)C1CC1. The Morgan fingerprint density at radius 1 is 1.38 bits per heavy atom. The van der Waals surface area contributed by atoms with Crippen LogP contribution in [-0.2, 0) is 11.2 Å². The van der Waals surface area contributed by atoms with E-state index in [-0.39, 0.29) is 11.6 Å². The molecular weight excluding hydrogens is 270 g/mol. The zero-order chi connectivity index (χ0) is 15.2. The minimum Gasteiger partial charge on any atom is -0.339 e. The molecule has 6 nitrogen and oxygen atoms in total. The molecule has 114 valence electrons. The predicted octanol–water partition coefficient (Wildman–Crippen LogP) is 1.74. The molecule has 0 radical (unpaired) electrons. The average molecular weight is 291 g/mol. The van der Waals surface area contributed by atoms with E-state index >= 15 is 0 Å². The third kappa shape index (κ3) is 4.53. The minimum atomic E-state index is -0.405. The Kier molecular flexibility index (Phi) is 5.27. The summed E-state index contributed by atoms with van der Waals surface area (Å²) in [6.07, 6.45) is 3.01. The lowest BCUT2D eigenvalue weighted by molar-refractivity contribution is -0.384. The standard InChI is InChI=1S/C15H21N3O3/c1-2-17(13-7-8-13)15(19)11-16-10-9-12-3-5-14(6-4-12)18(20)21/h3-6,13,16H,2,7-11H2,1H3. The minimum absolute atomic E-state index is 0.102. The summed E-state index contributed by atoms with van der Waals surface area (Å²) in [7, 11) is 0. The topological polar surface area (TPSA) is 75.5 Å². The van der Waals surface area contributed by atoms with Crippen LogP contribution in [0.4, 0.5) is 5.69 Å². The van der Waals surface area contributed by atoms with Crippen molar-refractivity contribution in [2.75, 3.05) is 19.6 Å². The van der Waals surface area contributed by atoms with Crippen molar-refractivity contribution >= 4 is 11.6 Å². The largest absolute Gasteiger partial charge is 0.339 e. The van der Waals surface area contributed by atoms with Gasteiger partial charge in [0.25, 0.3) is 5.69 Å². The van der Waals surface area contributed by atoms with Crippen LogP contribution in [0.25, 0.3) is 0 Å². The smallest absolute Gasteiger partial charge is 0.269 e. The summed E-state index contributed by atoms with van der Waals surface area (Å²) in [6, 6.07) is 6.98. The number of nitro groups is 1. The second kappa shape index (κ2) is 7.17. The molecule has 1 N–H and O–H groups in total. The van der Waals surface area contributed by atoms with Crippen molar-refractivity contribution in [1.82, 2.24) is 10.2 Å². The van der Waals surface area contributed by atoms with E-state index in [0.717, 1.165) is 31.4 Å². The molecule has 0 unspecified atom stereocenters. The van der Waals surface area contributed by atoms with Gasteiger partial charge in [-0.25, -0.2) is 0 Å². The Morgan fingerprint density at radius 2 is 2.05 bits per heavy atom. The molecule has 1 aromatic carbocycles. The van der Waals surface area contributed by atoms with E-state index in [4.69, 9.17) is 0 Å². The number of likely N-dealkylation sites (N-methyl/N-ethyl adjacent to an activating group) is 1. The lowest BCUT2D eigenvalue weighted by Gasteiger charge is -2.20. The Morgan fingerprint density at radius 3 is 2.57 bits per heavy atom. The first-order chi connectivity index (χ1) is 10.1. The highest BCUT2D eigenvalue weighted by Crippen LogP contribution is 2.26. The summed E-state index contributed by atoms with van der Waals surface area (Å²) < 4.78 is 0. The van der Waals surface area contributed by atoms with Crippen LogP contribution in [0.15, 0.2) is 24.3 Å². The van der Waals surface area contributed by atoms with Crippen molar-refractivity contribution in [3.05, 3.63) is 39.9 Å². The van der Waals surface area contributed by atoms with Crippen LogP contribution >= 0.6 is 0 Å². The third-order valence-corrected chi connectivity index (χ3v) is 3.66. The summed E-state index contributed by atoms with van der Waals surface area (Å²) in [5, 5.41) is 13.7. The Balaban J connectivity index is 1.69. The first kappa shape index (κ1) is 15.4. The van der Waals surface area contributed by atoms with E-state index < -0.39 is 4.92 Å². The lowest BCUT2D eigenvalue weighted by atomic mass is 10.1. The zero-order valence-electron chi connectivity index (χ0n) is 12.2. The highest BCUT2D eigenvalue weighted by molar-refractivity contribution is 5.78. The van der Waals surface area contributed by atoms with Gasteiger partial charge in [0.05, 0.1) is 11.5 Å². The molecule has 21 heavy (non-hydrogen) atoms. The molecule has 0 heterocycles. The summed E-state index contributed by atoms with van der Waals surface area (Å²) in [5.74, 6) is 0.156. The number of nitrogens with one attached hydrogen (secondary N) is 1. The molecule has 0 aromatic heterocycles. The highest BCUT2D eigenvalue weighted by atomic mass is 16.6. The number of amides is 1. The number of non-ortho nitro benzene ring substituents is 1. The van der Waals surface area contributed by atoms with Crippen molar-refractivity contribution in [1.29, 1.82) is 0 Å². The molecule has 1 fully saturated rings. The van der Waals surface area contributed by atoms with Gasteiger partial charge in [0.1, 0.15) is 0 Å². The molecule has 2 rings (SSSR count). The van der Waals surface area contributed by atoms with Gasteiger partial charge in [0.2, 0.25) is 5.91 Å². The molecule has 0 saturated heterocycles. The number of carbonyl (C=O) groups excluding carboxylic acids is 1. The lowest BCUT2D eigenvalue weighted by Crippen LogP contribution is -2.39. The normalized spacial score (nSPS) is 14.0. The van der Waals surface area contributed by atoms with Gasteiger partial charge in [-0.1, -0.05) is 12.1 Å². The molecule has 0 atom stereocenters. The van der Waals surface area contributed by atoms with Crippen molar-refractivity contribution in [3.8, 4) is 0 Å². The molecule has 1 saturated carbocycles. The van der Waals surface area contributed by atoms with Crippen molar-refractivity contribution < 1.29 is 9.72 Å². The maximum Gasteiger partial charge on any atom is 0.269 e. The van der Waals surface area contributed by atoms with Crippen LogP contribution in [0.5, 0.6) is 0 Å². The van der Waals surface area contributed by atoms with E-state index in [9.17, 15) is 14.9 Å². The summed E-state index contributed by atoms with van der Waals surface area (Å²) in [5.41, 5.74) is 1.12. The molecule has 0 aliphatic heterocycles. The van der Waals surface area contributed by atoms with Gasteiger partial charge in [0.15, 0.2) is 0 Å². The van der Waals surface area contributed by atoms with Crippen LogP contribution in [0.3, 0.4) is 0 Å². The van der Waals surface area contributed by atoms with Crippen molar-refractivity contribution in [2.24, 2.45) is 0 Å². The second-order valence-electron chi connectivity index (χ2n) is 5.26. The molecule has 1 aromatic rings. The quantitative estimate of drug-likeness (QED) is 0.450. The first-order valence-electron chi connectivity index (χ1n) is 7.35. The fourth-order valence-electron chi connectivity index (χ4n) is 2.34. The molecule has 1 aliphatic carbocycles. The number of rotatable bonds is 8. The van der Waals surface area contributed by atoms with E-state index in [1.165, 1.54) is 12.1 Å². The molecule has 0 spiro atoms. The van der Waals surface area contributed by atoms with Gasteiger partial charge in [-0.2, -0.15) is 0 Å². The van der Waals surface area contributed by atoms with Gasteiger partial charge < -0.3 is 10.2 Å². The number of hydrogen-bond donors (Lipinski definition) is 1. The van der Waals surface area contributed by atoms with Gasteiger partial charge >= 0.3 is 0 Å². The number of benzene rings is 1. The number of hydrogen-bond acceptors (Lipinski definition) is 4. The van der Waals surface area contributed by atoms with Crippen molar-refractivity contribution in [3.63, 3.8) is 0 Å². The Labute approximate surface area is 124 Å². The van der Waals surface area contributed by atoms with E-state index in [1.807, 2.05) is 11.8 Å². The average Bonchev–Trinajstić information content (AvgIpc) is 3.29. The first-order valence-corrected chi connectivity index (χ1v) is 7.35.